The van der Waals surface area contributed by atoms with Gasteiger partial charge in [-0.1, -0.05) is 13.3 Å². The van der Waals surface area contributed by atoms with E-state index in [1.54, 1.807) is 25.1 Å². The Labute approximate surface area is 95.5 Å². The van der Waals surface area contributed by atoms with Gasteiger partial charge < -0.3 is 16.2 Å². The molecule has 0 bridgehead atoms. The summed E-state index contributed by atoms with van der Waals surface area (Å²) in [4.78, 5) is 11.6. The lowest BCUT2D eigenvalue weighted by atomic mass is 10.1. The largest absolute Gasteiger partial charge is 0.508 e. The third-order valence-corrected chi connectivity index (χ3v) is 2.40. The molecule has 1 rings (SSSR count). The van der Waals surface area contributed by atoms with Crippen molar-refractivity contribution in [2.45, 2.75) is 32.7 Å². The number of phenols is 1. The average Bonchev–Trinajstić information content (AvgIpc) is 2.24. The van der Waals surface area contributed by atoms with Crippen LogP contribution in [0.5, 0.6) is 5.75 Å². The lowest BCUT2D eigenvalue weighted by Crippen LogP contribution is -2.35. The summed E-state index contributed by atoms with van der Waals surface area (Å²) >= 11 is 0. The molecule has 0 saturated carbocycles. The molecule has 1 amide bonds. The number of aryl methyl sites for hydroxylation is 1. The molecular formula is C12H18N2O2. The van der Waals surface area contributed by atoms with Crippen LogP contribution in [0.3, 0.4) is 0 Å². The van der Waals surface area contributed by atoms with Crippen LogP contribution in [-0.2, 0) is 4.79 Å². The van der Waals surface area contributed by atoms with Gasteiger partial charge in [0.2, 0.25) is 5.91 Å². The molecule has 0 unspecified atom stereocenters. The second kappa shape index (κ2) is 5.51. The Kier molecular flexibility index (Phi) is 4.31. The summed E-state index contributed by atoms with van der Waals surface area (Å²) in [5.74, 6) is 0.0304. The van der Waals surface area contributed by atoms with Crippen LogP contribution in [0.4, 0.5) is 5.69 Å². The van der Waals surface area contributed by atoms with Crippen molar-refractivity contribution in [3.63, 3.8) is 0 Å². The van der Waals surface area contributed by atoms with Crippen molar-refractivity contribution in [1.82, 2.24) is 0 Å². The van der Waals surface area contributed by atoms with Crippen LogP contribution >= 0.6 is 0 Å². The fourth-order valence-corrected chi connectivity index (χ4v) is 1.41. The van der Waals surface area contributed by atoms with Gasteiger partial charge in [0.15, 0.2) is 0 Å². The molecule has 88 valence electrons. The van der Waals surface area contributed by atoms with Crippen LogP contribution in [0.15, 0.2) is 18.2 Å². The first-order valence-electron chi connectivity index (χ1n) is 5.40. The molecule has 16 heavy (non-hydrogen) atoms. The number of amides is 1. The average molecular weight is 222 g/mol. The third-order valence-electron chi connectivity index (χ3n) is 2.40. The van der Waals surface area contributed by atoms with Crippen molar-refractivity contribution in [3.8, 4) is 5.75 Å². The van der Waals surface area contributed by atoms with E-state index in [-0.39, 0.29) is 11.7 Å². The molecule has 0 aromatic heterocycles. The summed E-state index contributed by atoms with van der Waals surface area (Å²) in [5, 5.41) is 12.1. The first-order valence-corrected chi connectivity index (χ1v) is 5.40. The van der Waals surface area contributed by atoms with Crippen LogP contribution in [0.2, 0.25) is 0 Å². The smallest absolute Gasteiger partial charge is 0.241 e. The van der Waals surface area contributed by atoms with E-state index in [0.29, 0.717) is 12.1 Å². The number of nitrogens with one attached hydrogen (secondary N) is 1. The van der Waals surface area contributed by atoms with Gasteiger partial charge in [0.1, 0.15) is 5.75 Å². The Morgan fingerprint density at radius 2 is 2.25 bits per heavy atom. The molecule has 4 nitrogen and oxygen atoms in total. The van der Waals surface area contributed by atoms with E-state index >= 15 is 0 Å². The number of aromatic hydroxyl groups is 1. The first kappa shape index (κ1) is 12.5. The van der Waals surface area contributed by atoms with Crippen molar-refractivity contribution in [3.05, 3.63) is 23.8 Å². The lowest BCUT2D eigenvalue weighted by Gasteiger charge is -2.11. The SMILES string of the molecule is CCC[C@H](N)C(=O)Nc1ccc(O)c(C)c1. The van der Waals surface area contributed by atoms with Crippen LogP contribution in [0.1, 0.15) is 25.3 Å². The number of rotatable bonds is 4. The monoisotopic (exact) mass is 222 g/mol. The summed E-state index contributed by atoms with van der Waals surface area (Å²) in [7, 11) is 0. The van der Waals surface area contributed by atoms with E-state index in [0.717, 1.165) is 12.0 Å². The molecule has 0 saturated heterocycles. The van der Waals surface area contributed by atoms with Crippen LogP contribution in [0.25, 0.3) is 0 Å². The topological polar surface area (TPSA) is 75.4 Å². The van der Waals surface area contributed by atoms with Crippen molar-refractivity contribution < 1.29 is 9.90 Å². The lowest BCUT2D eigenvalue weighted by molar-refractivity contribution is -0.117. The molecule has 1 aromatic rings. The van der Waals surface area contributed by atoms with Gasteiger partial charge in [-0.25, -0.2) is 0 Å². The molecule has 0 spiro atoms. The second-order valence-corrected chi connectivity index (χ2v) is 3.89. The quantitative estimate of drug-likeness (QED) is 0.679. The highest BCUT2D eigenvalue weighted by molar-refractivity contribution is 5.94. The molecule has 0 aliphatic rings. The fourth-order valence-electron chi connectivity index (χ4n) is 1.41. The van der Waals surface area contributed by atoms with Gasteiger partial charge in [-0.3, -0.25) is 4.79 Å². The van der Waals surface area contributed by atoms with Crippen molar-refractivity contribution in [1.29, 1.82) is 0 Å². The third kappa shape index (κ3) is 3.24. The summed E-state index contributed by atoms with van der Waals surface area (Å²) < 4.78 is 0. The maximum absolute atomic E-state index is 11.6. The zero-order valence-electron chi connectivity index (χ0n) is 9.66. The predicted octanol–water partition coefficient (Wildman–Crippen LogP) is 1.77. The van der Waals surface area contributed by atoms with Gasteiger partial charge in [0.05, 0.1) is 6.04 Å². The zero-order valence-corrected chi connectivity index (χ0v) is 9.66. The molecule has 0 aliphatic carbocycles. The van der Waals surface area contributed by atoms with Crippen LogP contribution < -0.4 is 11.1 Å². The van der Waals surface area contributed by atoms with E-state index < -0.39 is 6.04 Å². The van der Waals surface area contributed by atoms with E-state index in [2.05, 4.69) is 5.32 Å². The molecule has 1 atom stereocenters. The molecule has 0 heterocycles. The maximum Gasteiger partial charge on any atom is 0.241 e. The van der Waals surface area contributed by atoms with Crippen molar-refractivity contribution in [2.75, 3.05) is 5.32 Å². The minimum Gasteiger partial charge on any atom is -0.508 e. The normalized spacial score (nSPS) is 12.2. The van der Waals surface area contributed by atoms with Gasteiger partial charge in [-0.2, -0.15) is 0 Å². The molecular weight excluding hydrogens is 204 g/mol. The Bertz CT molecular complexity index is 377. The Morgan fingerprint density at radius 1 is 1.56 bits per heavy atom. The van der Waals surface area contributed by atoms with Crippen molar-refractivity contribution in [2.24, 2.45) is 5.73 Å². The minimum atomic E-state index is -0.473. The molecule has 0 aliphatic heterocycles. The van der Waals surface area contributed by atoms with Gasteiger partial charge in [0, 0.05) is 5.69 Å². The number of anilines is 1. The highest BCUT2D eigenvalue weighted by Gasteiger charge is 2.12. The first-order chi connectivity index (χ1) is 7.54. The maximum atomic E-state index is 11.6. The van der Waals surface area contributed by atoms with Crippen LogP contribution in [-0.4, -0.2) is 17.1 Å². The number of carbonyl (C=O) groups excluding carboxylic acids is 1. The Balaban J connectivity index is 2.66. The number of phenolic OH excluding ortho intramolecular Hbond substituents is 1. The Hall–Kier alpha value is -1.55. The molecule has 4 heteroatoms. The summed E-state index contributed by atoms with van der Waals surface area (Å²) in [5.41, 5.74) is 7.07. The van der Waals surface area contributed by atoms with Crippen LogP contribution in [0, 0.1) is 6.92 Å². The van der Waals surface area contributed by atoms with Gasteiger partial charge >= 0.3 is 0 Å². The Morgan fingerprint density at radius 3 is 2.81 bits per heavy atom. The highest BCUT2D eigenvalue weighted by atomic mass is 16.3. The number of benzene rings is 1. The molecule has 1 aromatic carbocycles. The summed E-state index contributed by atoms with van der Waals surface area (Å²) in [6.45, 7) is 3.76. The van der Waals surface area contributed by atoms with E-state index in [4.69, 9.17) is 5.73 Å². The molecule has 4 N–H and O–H groups in total. The predicted molar refractivity (Wildman–Crippen MR) is 64.4 cm³/mol. The summed E-state index contributed by atoms with van der Waals surface area (Å²) in [6, 6.07) is 4.44. The van der Waals surface area contributed by atoms with E-state index in [1.165, 1.54) is 0 Å². The number of carbonyl (C=O) groups is 1. The van der Waals surface area contributed by atoms with E-state index in [9.17, 15) is 9.90 Å². The molecule has 0 radical (unpaired) electrons. The van der Waals surface area contributed by atoms with Gasteiger partial charge in [-0.05, 0) is 37.1 Å². The molecule has 0 fully saturated rings. The van der Waals surface area contributed by atoms with Gasteiger partial charge in [0.25, 0.3) is 0 Å². The van der Waals surface area contributed by atoms with Crippen molar-refractivity contribution >= 4 is 11.6 Å². The standard InChI is InChI=1S/C12H18N2O2/c1-3-4-10(13)12(16)14-9-5-6-11(15)8(2)7-9/h5-7,10,15H,3-4,13H2,1-2H3,(H,14,16)/t10-/m0/s1. The minimum absolute atomic E-state index is 0.188. The summed E-state index contributed by atoms with van der Waals surface area (Å²) in [6.07, 6.45) is 1.55. The number of hydrogen-bond acceptors (Lipinski definition) is 3. The fraction of sp³-hybridized carbons (Fsp3) is 0.417. The second-order valence-electron chi connectivity index (χ2n) is 3.89. The number of nitrogens with two attached hydrogens (primary N) is 1. The van der Waals surface area contributed by atoms with E-state index in [1.807, 2.05) is 6.92 Å². The number of hydrogen-bond donors (Lipinski definition) is 3. The van der Waals surface area contributed by atoms with Gasteiger partial charge in [-0.15, -0.1) is 0 Å². The highest BCUT2D eigenvalue weighted by Crippen LogP contribution is 2.20. The zero-order chi connectivity index (χ0) is 12.1.